The monoisotopic (exact) mass is 321 g/mol. The zero-order valence-electron chi connectivity index (χ0n) is 11.0. The number of hydrogen-bond donors (Lipinski definition) is 2. The molecular formula is C12H13F2NO5S. The zero-order valence-corrected chi connectivity index (χ0v) is 11.8. The maximum absolute atomic E-state index is 13.0. The second kappa shape index (κ2) is 6.61. The number of carboxylic acids is 1. The number of carbonyl (C=O) groups excluding carboxylic acids is 1. The van der Waals surface area contributed by atoms with Crippen LogP contribution in [-0.4, -0.2) is 37.2 Å². The van der Waals surface area contributed by atoms with Crippen molar-refractivity contribution in [2.75, 3.05) is 5.75 Å². The molecule has 0 aliphatic rings. The predicted octanol–water partition coefficient (Wildman–Crippen LogP) is 0.469. The van der Waals surface area contributed by atoms with E-state index in [1.165, 1.54) is 0 Å². The van der Waals surface area contributed by atoms with Gasteiger partial charge in [-0.1, -0.05) is 6.07 Å². The van der Waals surface area contributed by atoms with E-state index in [1.54, 1.807) is 0 Å². The molecule has 2 N–H and O–H groups in total. The Hall–Kier alpha value is -2.03. The lowest BCUT2D eigenvalue weighted by Gasteiger charge is -2.13. The first-order valence-electron chi connectivity index (χ1n) is 5.75. The molecule has 9 heteroatoms. The fourth-order valence-electron chi connectivity index (χ4n) is 1.62. The van der Waals surface area contributed by atoms with E-state index in [1.807, 2.05) is 5.32 Å². The molecule has 0 saturated carbocycles. The van der Waals surface area contributed by atoms with Crippen LogP contribution in [0.1, 0.15) is 12.5 Å². The molecule has 6 nitrogen and oxygen atoms in total. The number of sulfone groups is 1. The van der Waals surface area contributed by atoms with Gasteiger partial charge in [0.05, 0.1) is 11.5 Å². The van der Waals surface area contributed by atoms with E-state index in [9.17, 15) is 26.8 Å². The van der Waals surface area contributed by atoms with Crippen LogP contribution >= 0.6 is 0 Å². The summed E-state index contributed by atoms with van der Waals surface area (Å²) in [5.74, 6) is -6.00. The summed E-state index contributed by atoms with van der Waals surface area (Å²) < 4.78 is 49.5. The van der Waals surface area contributed by atoms with Crippen molar-refractivity contribution in [1.29, 1.82) is 0 Å². The Balaban J connectivity index is 2.87. The Bertz CT molecular complexity index is 660. The van der Waals surface area contributed by atoms with Crippen LogP contribution in [0.2, 0.25) is 0 Å². The summed E-state index contributed by atoms with van der Waals surface area (Å²) in [7, 11) is -3.94. The largest absolute Gasteiger partial charge is 0.480 e. The lowest BCUT2D eigenvalue weighted by atomic mass is 10.2. The van der Waals surface area contributed by atoms with Gasteiger partial charge in [0, 0.05) is 6.92 Å². The molecule has 116 valence electrons. The van der Waals surface area contributed by atoms with Gasteiger partial charge >= 0.3 is 5.97 Å². The van der Waals surface area contributed by atoms with E-state index < -0.39 is 50.9 Å². The van der Waals surface area contributed by atoms with Gasteiger partial charge in [-0.3, -0.25) is 4.79 Å². The predicted molar refractivity (Wildman–Crippen MR) is 69.1 cm³/mol. The molecule has 0 saturated heterocycles. The number of benzene rings is 1. The van der Waals surface area contributed by atoms with Crippen LogP contribution in [0.4, 0.5) is 8.78 Å². The van der Waals surface area contributed by atoms with Gasteiger partial charge in [-0.2, -0.15) is 0 Å². The molecular weight excluding hydrogens is 308 g/mol. The minimum Gasteiger partial charge on any atom is -0.480 e. The summed E-state index contributed by atoms with van der Waals surface area (Å²) in [4.78, 5) is 21.7. The van der Waals surface area contributed by atoms with Crippen molar-refractivity contribution in [2.45, 2.75) is 18.7 Å². The van der Waals surface area contributed by atoms with E-state index in [4.69, 9.17) is 5.11 Å². The Labute approximate surface area is 119 Å². The van der Waals surface area contributed by atoms with Crippen LogP contribution in [0.3, 0.4) is 0 Å². The van der Waals surface area contributed by atoms with Gasteiger partial charge in [0.2, 0.25) is 5.91 Å². The number of carboxylic acid groups (broad SMARTS) is 1. The second-order valence-corrected chi connectivity index (χ2v) is 6.50. The van der Waals surface area contributed by atoms with Gasteiger partial charge in [0.25, 0.3) is 0 Å². The summed E-state index contributed by atoms with van der Waals surface area (Å²) >= 11 is 0. The van der Waals surface area contributed by atoms with Gasteiger partial charge in [-0.25, -0.2) is 22.0 Å². The topological polar surface area (TPSA) is 101 Å². The Kier molecular flexibility index (Phi) is 5.36. The second-order valence-electron chi connectivity index (χ2n) is 4.39. The van der Waals surface area contributed by atoms with Crippen molar-refractivity contribution in [1.82, 2.24) is 5.32 Å². The van der Waals surface area contributed by atoms with Crippen LogP contribution in [0, 0.1) is 11.6 Å². The van der Waals surface area contributed by atoms with Crippen molar-refractivity contribution < 1.29 is 31.9 Å². The third-order valence-electron chi connectivity index (χ3n) is 2.47. The van der Waals surface area contributed by atoms with Gasteiger partial charge in [0.1, 0.15) is 6.04 Å². The van der Waals surface area contributed by atoms with Crippen molar-refractivity contribution in [3.8, 4) is 0 Å². The third kappa shape index (κ3) is 5.46. The minimum atomic E-state index is -3.94. The van der Waals surface area contributed by atoms with Crippen molar-refractivity contribution in [2.24, 2.45) is 0 Å². The van der Waals surface area contributed by atoms with Crippen molar-refractivity contribution >= 4 is 21.7 Å². The highest BCUT2D eigenvalue weighted by Gasteiger charge is 2.26. The number of amides is 1. The summed E-state index contributed by atoms with van der Waals surface area (Å²) in [6.07, 6.45) is 0. The average molecular weight is 321 g/mol. The maximum Gasteiger partial charge on any atom is 0.327 e. The number of rotatable bonds is 6. The summed E-state index contributed by atoms with van der Waals surface area (Å²) in [5, 5.41) is 10.8. The van der Waals surface area contributed by atoms with E-state index in [-0.39, 0.29) is 5.56 Å². The van der Waals surface area contributed by atoms with Crippen LogP contribution < -0.4 is 5.32 Å². The smallest absolute Gasteiger partial charge is 0.327 e. The molecule has 1 atom stereocenters. The van der Waals surface area contributed by atoms with E-state index in [0.717, 1.165) is 25.1 Å². The van der Waals surface area contributed by atoms with Gasteiger partial charge in [-0.15, -0.1) is 0 Å². The van der Waals surface area contributed by atoms with Crippen LogP contribution in [0.25, 0.3) is 0 Å². The molecule has 0 aliphatic heterocycles. The number of nitrogens with one attached hydrogen (secondary N) is 1. The first-order valence-corrected chi connectivity index (χ1v) is 7.57. The van der Waals surface area contributed by atoms with Crippen molar-refractivity contribution in [3.63, 3.8) is 0 Å². The first kappa shape index (κ1) is 17.0. The number of carbonyl (C=O) groups is 2. The molecule has 21 heavy (non-hydrogen) atoms. The molecule has 0 heterocycles. The van der Waals surface area contributed by atoms with Crippen LogP contribution in [0.5, 0.6) is 0 Å². The quantitative estimate of drug-likeness (QED) is 0.793. The highest BCUT2D eigenvalue weighted by atomic mass is 32.2. The fourth-order valence-corrected chi connectivity index (χ4v) is 3.16. The van der Waals surface area contributed by atoms with E-state index >= 15 is 0 Å². The third-order valence-corrected chi connectivity index (χ3v) is 4.08. The fraction of sp³-hybridized carbons (Fsp3) is 0.333. The summed E-state index contributed by atoms with van der Waals surface area (Å²) in [6, 6.07) is 0.992. The Morgan fingerprint density at radius 2 is 1.90 bits per heavy atom. The molecule has 0 radical (unpaired) electrons. The molecule has 0 fully saturated rings. The minimum absolute atomic E-state index is 0.0131. The SMILES string of the molecule is CC(=O)N[C@@H](CS(=O)(=O)Cc1ccc(F)c(F)c1)C(=O)O. The molecule has 1 aromatic carbocycles. The van der Waals surface area contributed by atoms with E-state index in [0.29, 0.717) is 0 Å². The normalized spacial score (nSPS) is 12.7. The number of halogens is 2. The molecule has 0 aromatic heterocycles. The van der Waals surface area contributed by atoms with Gasteiger partial charge in [0.15, 0.2) is 21.5 Å². The average Bonchev–Trinajstić information content (AvgIpc) is 2.31. The van der Waals surface area contributed by atoms with Crippen molar-refractivity contribution in [3.05, 3.63) is 35.4 Å². The van der Waals surface area contributed by atoms with Gasteiger partial charge in [-0.05, 0) is 17.7 Å². The molecule has 1 aromatic rings. The highest BCUT2D eigenvalue weighted by Crippen LogP contribution is 2.12. The Morgan fingerprint density at radius 1 is 1.29 bits per heavy atom. The highest BCUT2D eigenvalue weighted by molar-refractivity contribution is 7.90. The number of aliphatic carboxylic acids is 1. The van der Waals surface area contributed by atoms with Crippen LogP contribution in [0.15, 0.2) is 18.2 Å². The molecule has 1 amide bonds. The maximum atomic E-state index is 13.0. The summed E-state index contributed by atoms with van der Waals surface area (Å²) in [5.41, 5.74) is -0.0131. The van der Waals surface area contributed by atoms with Crippen LogP contribution in [-0.2, 0) is 25.2 Å². The first-order chi connectivity index (χ1) is 9.60. The standard InChI is InChI=1S/C12H13F2NO5S/c1-7(16)15-11(12(17)18)6-21(19,20)5-8-2-3-9(13)10(14)4-8/h2-4,11H,5-6H2,1H3,(H,15,16)(H,17,18)/t11-/m0/s1. The zero-order chi connectivity index (χ0) is 16.2. The molecule has 0 unspecified atom stereocenters. The van der Waals surface area contributed by atoms with Gasteiger partial charge < -0.3 is 10.4 Å². The Morgan fingerprint density at radius 3 is 2.38 bits per heavy atom. The summed E-state index contributed by atoms with van der Waals surface area (Å²) in [6.45, 7) is 1.05. The lowest BCUT2D eigenvalue weighted by Crippen LogP contribution is -2.44. The molecule has 1 rings (SSSR count). The van der Waals surface area contributed by atoms with E-state index in [2.05, 4.69) is 0 Å². The lowest BCUT2D eigenvalue weighted by molar-refractivity contribution is -0.140. The molecule has 0 aliphatic carbocycles. The molecule has 0 spiro atoms. The molecule has 0 bridgehead atoms. The number of hydrogen-bond acceptors (Lipinski definition) is 4.